The molecule has 16 heavy (non-hydrogen) atoms. The number of rotatable bonds is 4. The summed E-state index contributed by atoms with van der Waals surface area (Å²) < 4.78 is 30.1. The average molecular weight is 237 g/mol. The summed E-state index contributed by atoms with van der Waals surface area (Å²) in [6, 6.07) is 0. The molecule has 1 rings (SSSR count). The molecule has 0 amide bonds. The molecule has 2 N–H and O–H groups in total. The normalized spacial score (nSPS) is 26.6. The number of alkyl halides is 2. The molecule has 0 bridgehead atoms. The van der Waals surface area contributed by atoms with Crippen LogP contribution in [0.4, 0.5) is 8.78 Å². The molecule has 4 nitrogen and oxygen atoms in total. The second kappa shape index (κ2) is 4.25. The Morgan fingerprint density at radius 3 is 2.62 bits per heavy atom. The van der Waals surface area contributed by atoms with Crippen LogP contribution < -0.4 is 5.32 Å². The van der Waals surface area contributed by atoms with Crippen molar-refractivity contribution >= 4 is 5.97 Å². The van der Waals surface area contributed by atoms with Crippen molar-refractivity contribution in [2.45, 2.75) is 50.9 Å². The minimum absolute atomic E-state index is 0.110. The van der Waals surface area contributed by atoms with Gasteiger partial charge in [0.2, 0.25) is 0 Å². The van der Waals surface area contributed by atoms with Crippen molar-refractivity contribution in [1.29, 1.82) is 0 Å². The summed E-state index contributed by atoms with van der Waals surface area (Å²) in [4.78, 5) is 10.7. The van der Waals surface area contributed by atoms with Gasteiger partial charge in [-0.25, -0.2) is 4.79 Å². The Morgan fingerprint density at radius 1 is 1.69 bits per heavy atom. The van der Waals surface area contributed by atoms with Crippen LogP contribution >= 0.6 is 0 Å². The van der Waals surface area contributed by atoms with E-state index in [1.54, 1.807) is 20.8 Å². The third-order valence-corrected chi connectivity index (χ3v) is 2.89. The Bertz CT molecular complexity index is 279. The van der Waals surface area contributed by atoms with E-state index in [0.717, 1.165) is 0 Å². The Balaban J connectivity index is 2.45. The van der Waals surface area contributed by atoms with E-state index in [4.69, 9.17) is 0 Å². The largest absolute Gasteiger partial charge is 0.456 e. The van der Waals surface area contributed by atoms with Crippen LogP contribution in [0.3, 0.4) is 0 Å². The summed E-state index contributed by atoms with van der Waals surface area (Å²) in [6.07, 6.45) is -2.07. The molecule has 2 unspecified atom stereocenters. The molecule has 0 aromatic carbocycles. The SMILES string of the molecule is CC(O)C(C)(C)NCC1CC(F)(F)C(=O)O1. The van der Waals surface area contributed by atoms with Crippen LogP contribution in [0.25, 0.3) is 0 Å². The highest BCUT2D eigenvalue weighted by Gasteiger charge is 2.50. The van der Waals surface area contributed by atoms with Crippen molar-refractivity contribution in [2.24, 2.45) is 0 Å². The molecule has 2 atom stereocenters. The number of halogens is 2. The fraction of sp³-hybridized carbons (Fsp3) is 0.900. The lowest BCUT2D eigenvalue weighted by Crippen LogP contribution is -2.50. The molecule has 0 saturated carbocycles. The van der Waals surface area contributed by atoms with Gasteiger partial charge in [-0.2, -0.15) is 8.78 Å². The van der Waals surface area contributed by atoms with Crippen molar-refractivity contribution in [3.8, 4) is 0 Å². The molecule has 1 heterocycles. The summed E-state index contributed by atoms with van der Waals surface area (Å²) >= 11 is 0. The Hall–Kier alpha value is -0.750. The lowest BCUT2D eigenvalue weighted by molar-refractivity contribution is -0.159. The Kier molecular flexibility index (Phi) is 3.54. The van der Waals surface area contributed by atoms with Gasteiger partial charge in [-0.15, -0.1) is 0 Å². The number of hydrogen-bond donors (Lipinski definition) is 2. The Labute approximate surface area is 93.0 Å². The topological polar surface area (TPSA) is 58.6 Å². The van der Waals surface area contributed by atoms with Crippen molar-refractivity contribution in [1.82, 2.24) is 5.32 Å². The second-order valence-corrected chi connectivity index (χ2v) is 4.71. The average Bonchev–Trinajstić information content (AvgIpc) is 2.38. The third-order valence-electron chi connectivity index (χ3n) is 2.89. The fourth-order valence-electron chi connectivity index (χ4n) is 1.29. The van der Waals surface area contributed by atoms with Crippen LogP contribution in [-0.4, -0.2) is 41.3 Å². The quantitative estimate of drug-likeness (QED) is 0.706. The van der Waals surface area contributed by atoms with Crippen molar-refractivity contribution in [3.63, 3.8) is 0 Å². The number of nitrogens with one attached hydrogen (secondary N) is 1. The van der Waals surface area contributed by atoms with E-state index in [0.29, 0.717) is 0 Å². The number of aliphatic hydroxyl groups excluding tert-OH is 1. The van der Waals surface area contributed by atoms with Gasteiger partial charge in [0.25, 0.3) is 0 Å². The highest BCUT2D eigenvalue weighted by Crippen LogP contribution is 2.30. The maximum absolute atomic E-state index is 12.8. The minimum Gasteiger partial charge on any atom is -0.456 e. The zero-order valence-electron chi connectivity index (χ0n) is 9.59. The molecule has 6 heteroatoms. The van der Waals surface area contributed by atoms with E-state index in [9.17, 15) is 18.7 Å². The van der Waals surface area contributed by atoms with E-state index in [1.165, 1.54) is 0 Å². The number of hydrogen-bond acceptors (Lipinski definition) is 4. The number of carbonyl (C=O) groups is 1. The first-order valence-electron chi connectivity index (χ1n) is 5.17. The van der Waals surface area contributed by atoms with Gasteiger partial charge in [-0.1, -0.05) is 0 Å². The number of esters is 1. The molecule has 0 spiro atoms. The second-order valence-electron chi connectivity index (χ2n) is 4.71. The lowest BCUT2D eigenvalue weighted by Gasteiger charge is -2.30. The zero-order valence-corrected chi connectivity index (χ0v) is 9.59. The van der Waals surface area contributed by atoms with Crippen molar-refractivity contribution < 1.29 is 23.4 Å². The van der Waals surface area contributed by atoms with Crippen molar-refractivity contribution in [2.75, 3.05) is 6.54 Å². The van der Waals surface area contributed by atoms with Gasteiger partial charge in [-0.05, 0) is 20.8 Å². The zero-order chi connectivity index (χ0) is 12.6. The summed E-state index contributed by atoms with van der Waals surface area (Å²) in [5.41, 5.74) is -0.607. The molecule has 0 aromatic rings. The molecule has 94 valence electrons. The molecule has 0 radical (unpaired) electrons. The number of ether oxygens (including phenoxy) is 1. The van der Waals surface area contributed by atoms with Gasteiger partial charge >= 0.3 is 11.9 Å². The molecule has 1 aliphatic rings. The molecule has 0 aromatic heterocycles. The lowest BCUT2D eigenvalue weighted by atomic mass is 9.98. The molecular weight excluding hydrogens is 220 g/mol. The van der Waals surface area contributed by atoms with E-state index in [2.05, 4.69) is 10.1 Å². The van der Waals surface area contributed by atoms with Gasteiger partial charge in [0.1, 0.15) is 6.10 Å². The number of carbonyl (C=O) groups excluding carboxylic acids is 1. The maximum atomic E-state index is 12.8. The summed E-state index contributed by atoms with van der Waals surface area (Å²) in [5, 5.41) is 12.3. The number of aliphatic hydroxyl groups is 1. The van der Waals surface area contributed by atoms with Crippen LogP contribution in [0.15, 0.2) is 0 Å². The van der Waals surface area contributed by atoms with Crippen LogP contribution in [0.2, 0.25) is 0 Å². The van der Waals surface area contributed by atoms with Gasteiger partial charge in [0.05, 0.1) is 12.5 Å². The first kappa shape index (κ1) is 13.3. The summed E-state index contributed by atoms with van der Waals surface area (Å²) in [7, 11) is 0. The predicted molar refractivity (Wildman–Crippen MR) is 53.2 cm³/mol. The summed E-state index contributed by atoms with van der Waals surface area (Å²) in [6.45, 7) is 5.20. The molecule has 1 fully saturated rings. The summed E-state index contributed by atoms with van der Waals surface area (Å²) in [5.74, 6) is -4.84. The molecule has 0 aliphatic carbocycles. The van der Waals surface area contributed by atoms with Crippen molar-refractivity contribution in [3.05, 3.63) is 0 Å². The monoisotopic (exact) mass is 237 g/mol. The van der Waals surface area contributed by atoms with Crippen LogP contribution in [-0.2, 0) is 9.53 Å². The highest BCUT2D eigenvalue weighted by molar-refractivity contribution is 5.79. The van der Waals surface area contributed by atoms with Gasteiger partial charge < -0.3 is 15.2 Å². The highest BCUT2D eigenvalue weighted by atomic mass is 19.3. The van der Waals surface area contributed by atoms with Crippen LogP contribution in [0.5, 0.6) is 0 Å². The van der Waals surface area contributed by atoms with E-state index in [-0.39, 0.29) is 6.54 Å². The smallest absolute Gasteiger partial charge is 0.377 e. The third kappa shape index (κ3) is 2.89. The molecule has 1 aliphatic heterocycles. The van der Waals surface area contributed by atoms with E-state index >= 15 is 0 Å². The maximum Gasteiger partial charge on any atom is 0.377 e. The van der Waals surface area contributed by atoms with Gasteiger partial charge in [-0.3, -0.25) is 0 Å². The minimum atomic E-state index is -3.37. The van der Waals surface area contributed by atoms with Gasteiger partial charge in [0, 0.05) is 12.1 Å². The molecule has 1 saturated heterocycles. The molecular formula is C10H17F2NO3. The number of cyclic esters (lactones) is 1. The Morgan fingerprint density at radius 2 is 2.25 bits per heavy atom. The first-order chi connectivity index (χ1) is 7.15. The predicted octanol–water partition coefficient (Wildman–Crippen LogP) is 0.686. The van der Waals surface area contributed by atoms with Gasteiger partial charge in [0.15, 0.2) is 0 Å². The van der Waals surface area contributed by atoms with E-state index in [1.807, 2.05) is 0 Å². The standard InChI is InChI=1S/C10H17F2NO3/c1-6(14)9(2,3)13-5-7-4-10(11,12)8(15)16-7/h6-7,13-14H,4-5H2,1-3H3. The van der Waals surface area contributed by atoms with E-state index < -0.39 is 36.1 Å². The fourth-order valence-corrected chi connectivity index (χ4v) is 1.29. The van der Waals surface area contributed by atoms with Crippen LogP contribution in [0, 0.1) is 0 Å². The first-order valence-corrected chi connectivity index (χ1v) is 5.17. The van der Waals surface area contributed by atoms with Crippen LogP contribution in [0.1, 0.15) is 27.2 Å².